The molecule has 2 rings (SSSR count). The molecular formula is C14H15NO2. The molecule has 0 amide bonds. The molecule has 3 nitrogen and oxygen atoms in total. The van der Waals surface area contributed by atoms with Crippen LogP contribution in [-0.2, 0) is 6.42 Å². The van der Waals surface area contributed by atoms with E-state index in [0.29, 0.717) is 5.56 Å². The minimum atomic E-state index is -0.866. The van der Waals surface area contributed by atoms with E-state index in [0.717, 1.165) is 35.7 Å². The maximum atomic E-state index is 11.4. The first-order valence-electron chi connectivity index (χ1n) is 5.84. The SMILES string of the molecule is CCCCc1cnc2ccccc2c1C(=O)O. The lowest BCUT2D eigenvalue weighted by Crippen LogP contribution is -2.05. The first kappa shape index (κ1) is 11.6. The molecule has 0 bridgehead atoms. The van der Waals surface area contributed by atoms with Gasteiger partial charge in [0.2, 0.25) is 0 Å². The average Bonchev–Trinajstić information content (AvgIpc) is 2.35. The van der Waals surface area contributed by atoms with Crippen LogP contribution in [0, 0.1) is 0 Å². The van der Waals surface area contributed by atoms with Crippen molar-refractivity contribution < 1.29 is 9.90 Å². The smallest absolute Gasteiger partial charge is 0.336 e. The van der Waals surface area contributed by atoms with Crippen molar-refractivity contribution in [3.8, 4) is 0 Å². The lowest BCUT2D eigenvalue weighted by Gasteiger charge is -2.08. The Morgan fingerprint density at radius 1 is 1.35 bits per heavy atom. The molecule has 1 N–H and O–H groups in total. The minimum Gasteiger partial charge on any atom is -0.478 e. The molecule has 0 unspecified atom stereocenters. The van der Waals surface area contributed by atoms with Gasteiger partial charge < -0.3 is 5.11 Å². The fourth-order valence-corrected chi connectivity index (χ4v) is 1.99. The van der Waals surface area contributed by atoms with Crippen LogP contribution in [0.4, 0.5) is 0 Å². The van der Waals surface area contributed by atoms with Gasteiger partial charge in [0, 0.05) is 11.6 Å². The molecule has 88 valence electrons. The second-order valence-corrected chi connectivity index (χ2v) is 4.08. The van der Waals surface area contributed by atoms with Gasteiger partial charge in [-0.3, -0.25) is 4.98 Å². The van der Waals surface area contributed by atoms with E-state index in [4.69, 9.17) is 0 Å². The molecule has 0 aliphatic heterocycles. The van der Waals surface area contributed by atoms with Gasteiger partial charge in [-0.15, -0.1) is 0 Å². The van der Waals surface area contributed by atoms with Gasteiger partial charge in [-0.1, -0.05) is 31.5 Å². The maximum absolute atomic E-state index is 11.4. The molecule has 0 atom stereocenters. The summed E-state index contributed by atoms with van der Waals surface area (Å²) in [7, 11) is 0. The van der Waals surface area contributed by atoms with E-state index >= 15 is 0 Å². The van der Waals surface area contributed by atoms with E-state index < -0.39 is 5.97 Å². The third kappa shape index (κ3) is 2.28. The quantitative estimate of drug-likeness (QED) is 0.875. The molecule has 0 spiro atoms. The third-order valence-corrected chi connectivity index (χ3v) is 2.87. The normalized spacial score (nSPS) is 10.6. The number of para-hydroxylation sites is 1. The Kier molecular flexibility index (Phi) is 3.38. The van der Waals surface area contributed by atoms with Gasteiger partial charge in [-0.25, -0.2) is 4.79 Å². The molecule has 1 aromatic carbocycles. The molecule has 3 heteroatoms. The number of aromatic carboxylic acids is 1. The van der Waals surface area contributed by atoms with Crippen LogP contribution in [0.3, 0.4) is 0 Å². The van der Waals surface area contributed by atoms with Gasteiger partial charge in [0.1, 0.15) is 0 Å². The zero-order valence-electron chi connectivity index (χ0n) is 9.81. The van der Waals surface area contributed by atoms with Gasteiger partial charge in [0.25, 0.3) is 0 Å². The van der Waals surface area contributed by atoms with E-state index in [9.17, 15) is 9.90 Å². The molecule has 1 heterocycles. The maximum Gasteiger partial charge on any atom is 0.336 e. The first-order chi connectivity index (χ1) is 8.24. The lowest BCUT2D eigenvalue weighted by molar-refractivity contribution is 0.0697. The van der Waals surface area contributed by atoms with Gasteiger partial charge in [0.05, 0.1) is 11.1 Å². The zero-order chi connectivity index (χ0) is 12.3. The topological polar surface area (TPSA) is 50.2 Å². The summed E-state index contributed by atoms with van der Waals surface area (Å²) in [6.45, 7) is 2.09. The predicted molar refractivity (Wildman–Crippen MR) is 67.3 cm³/mol. The first-order valence-corrected chi connectivity index (χ1v) is 5.84. The summed E-state index contributed by atoms with van der Waals surface area (Å²) < 4.78 is 0. The van der Waals surface area contributed by atoms with Crippen LogP contribution in [0.2, 0.25) is 0 Å². The number of unbranched alkanes of at least 4 members (excludes halogenated alkanes) is 1. The Hall–Kier alpha value is -1.90. The number of nitrogens with zero attached hydrogens (tertiary/aromatic N) is 1. The second-order valence-electron chi connectivity index (χ2n) is 4.08. The van der Waals surface area contributed by atoms with Gasteiger partial charge in [0.15, 0.2) is 0 Å². The Morgan fingerprint density at radius 2 is 2.12 bits per heavy atom. The highest BCUT2D eigenvalue weighted by molar-refractivity contribution is 6.03. The van der Waals surface area contributed by atoms with E-state index in [1.807, 2.05) is 24.3 Å². The Bertz CT molecular complexity index is 549. The standard InChI is InChI=1S/C14H15NO2/c1-2-3-6-10-9-15-12-8-5-4-7-11(12)13(10)14(16)17/h4-5,7-9H,2-3,6H2,1H3,(H,16,17). The summed E-state index contributed by atoms with van der Waals surface area (Å²) in [5.41, 5.74) is 1.98. The number of fused-ring (bicyclic) bond motifs is 1. The molecule has 0 saturated heterocycles. The molecule has 0 saturated carbocycles. The zero-order valence-corrected chi connectivity index (χ0v) is 9.81. The minimum absolute atomic E-state index is 0.407. The average molecular weight is 229 g/mol. The summed E-state index contributed by atoms with van der Waals surface area (Å²) in [5.74, 6) is -0.866. The van der Waals surface area contributed by atoms with E-state index in [1.165, 1.54) is 0 Å². The number of carboxylic acids is 1. The number of aromatic nitrogens is 1. The second kappa shape index (κ2) is 4.95. The van der Waals surface area contributed by atoms with Crippen LogP contribution in [0.1, 0.15) is 35.7 Å². The van der Waals surface area contributed by atoms with Crippen molar-refractivity contribution in [2.75, 3.05) is 0 Å². The van der Waals surface area contributed by atoms with E-state index in [2.05, 4.69) is 11.9 Å². The van der Waals surface area contributed by atoms with Crippen LogP contribution in [-0.4, -0.2) is 16.1 Å². The number of pyridine rings is 1. The molecule has 0 aliphatic carbocycles. The number of aryl methyl sites for hydroxylation is 1. The van der Waals surface area contributed by atoms with Crippen molar-refractivity contribution >= 4 is 16.9 Å². The number of benzene rings is 1. The molecular weight excluding hydrogens is 214 g/mol. The Morgan fingerprint density at radius 3 is 2.82 bits per heavy atom. The monoisotopic (exact) mass is 229 g/mol. The molecule has 17 heavy (non-hydrogen) atoms. The van der Waals surface area contributed by atoms with Crippen molar-refractivity contribution in [1.82, 2.24) is 4.98 Å². The summed E-state index contributed by atoms with van der Waals surface area (Å²) in [4.78, 5) is 15.7. The van der Waals surface area contributed by atoms with Crippen LogP contribution in [0.5, 0.6) is 0 Å². The van der Waals surface area contributed by atoms with Crippen LogP contribution in [0.25, 0.3) is 10.9 Å². The van der Waals surface area contributed by atoms with Crippen molar-refractivity contribution in [2.24, 2.45) is 0 Å². The Balaban J connectivity index is 2.60. The van der Waals surface area contributed by atoms with Crippen molar-refractivity contribution in [2.45, 2.75) is 26.2 Å². The van der Waals surface area contributed by atoms with Gasteiger partial charge >= 0.3 is 5.97 Å². The van der Waals surface area contributed by atoms with Crippen LogP contribution >= 0.6 is 0 Å². The highest BCUT2D eigenvalue weighted by Gasteiger charge is 2.14. The summed E-state index contributed by atoms with van der Waals surface area (Å²) >= 11 is 0. The van der Waals surface area contributed by atoms with Gasteiger partial charge in [-0.05, 0) is 24.5 Å². The van der Waals surface area contributed by atoms with Crippen LogP contribution < -0.4 is 0 Å². The fraction of sp³-hybridized carbons (Fsp3) is 0.286. The fourth-order valence-electron chi connectivity index (χ4n) is 1.99. The highest BCUT2D eigenvalue weighted by Crippen LogP contribution is 2.21. The number of hydrogen-bond acceptors (Lipinski definition) is 2. The van der Waals surface area contributed by atoms with E-state index in [-0.39, 0.29) is 0 Å². The summed E-state index contributed by atoms with van der Waals surface area (Å²) in [6, 6.07) is 7.37. The molecule has 0 radical (unpaired) electrons. The van der Waals surface area contributed by atoms with Gasteiger partial charge in [-0.2, -0.15) is 0 Å². The van der Waals surface area contributed by atoms with Crippen LogP contribution in [0.15, 0.2) is 30.5 Å². The third-order valence-electron chi connectivity index (χ3n) is 2.87. The molecule has 0 aliphatic rings. The summed E-state index contributed by atoms with van der Waals surface area (Å²) in [5, 5.41) is 10.1. The number of carboxylic acid groups (broad SMARTS) is 1. The number of carbonyl (C=O) groups is 1. The highest BCUT2D eigenvalue weighted by atomic mass is 16.4. The Labute approximate surface area is 100 Å². The van der Waals surface area contributed by atoms with Crippen molar-refractivity contribution in [3.05, 3.63) is 41.6 Å². The largest absolute Gasteiger partial charge is 0.478 e. The molecule has 1 aromatic heterocycles. The molecule has 0 fully saturated rings. The predicted octanol–water partition coefficient (Wildman–Crippen LogP) is 3.28. The molecule has 2 aromatic rings. The van der Waals surface area contributed by atoms with Crippen molar-refractivity contribution in [3.63, 3.8) is 0 Å². The van der Waals surface area contributed by atoms with E-state index in [1.54, 1.807) is 6.20 Å². The summed E-state index contributed by atoms with van der Waals surface area (Å²) in [6.07, 6.45) is 4.50. The number of hydrogen-bond donors (Lipinski definition) is 1. The number of rotatable bonds is 4. The lowest BCUT2D eigenvalue weighted by atomic mass is 10.00. The van der Waals surface area contributed by atoms with Crippen molar-refractivity contribution in [1.29, 1.82) is 0 Å².